The number of hydrogen-bond donors (Lipinski definition) is 2. The van der Waals surface area contributed by atoms with E-state index in [-0.39, 0.29) is 22.0 Å². The smallest absolute Gasteiger partial charge is 0.323 e. The molecule has 5 rings (SSSR count). The lowest BCUT2D eigenvalue weighted by molar-refractivity contribution is 0.103. The molecule has 38 heavy (non-hydrogen) atoms. The summed E-state index contributed by atoms with van der Waals surface area (Å²) >= 11 is 6.18. The summed E-state index contributed by atoms with van der Waals surface area (Å²) in [5, 5.41) is 4.35. The van der Waals surface area contributed by atoms with Crippen LogP contribution in [-0.4, -0.2) is 48.1 Å². The summed E-state index contributed by atoms with van der Waals surface area (Å²) in [4.78, 5) is 36.7. The Bertz CT molecular complexity index is 1560. The number of morpholine rings is 1. The molecule has 0 spiro atoms. The molecule has 1 aliphatic heterocycles. The van der Waals surface area contributed by atoms with Crippen LogP contribution in [0.25, 0.3) is 11.0 Å². The largest absolute Gasteiger partial charge is 0.378 e. The Morgan fingerprint density at radius 2 is 1.71 bits per heavy atom. The number of urea groups is 1. The van der Waals surface area contributed by atoms with E-state index >= 15 is 4.39 Å². The second-order valence-electron chi connectivity index (χ2n) is 8.35. The molecule has 8 nitrogen and oxygen atoms in total. The average molecular weight is 542 g/mol. The van der Waals surface area contributed by atoms with Gasteiger partial charge >= 0.3 is 6.03 Å². The third-order valence-electron chi connectivity index (χ3n) is 5.87. The number of nitrogens with one attached hydrogen (secondary N) is 2. The highest BCUT2D eigenvalue weighted by Crippen LogP contribution is 2.29. The van der Waals surface area contributed by atoms with Crippen LogP contribution in [0.5, 0.6) is 0 Å². The van der Waals surface area contributed by atoms with Crippen LogP contribution in [0.4, 0.5) is 35.2 Å². The maximum absolute atomic E-state index is 15.4. The van der Waals surface area contributed by atoms with E-state index in [0.717, 1.165) is 18.2 Å². The average Bonchev–Trinajstić information content (AvgIpc) is 2.92. The van der Waals surface area contributed by atoms with Crippen LogP contribution in [0.3, 0.4) is 0 Å². The van der Waals surface area contributed by atoms with Crippen molar-refractivity contribution in [3.05, 3.63) is 88.3 Å². The molecule has 3 aromatic carbocycles. The van der Waals surface area contributed by atoms with Crippen molar-refractivity contribution >= 4 is 51.6 Å². The molecule has 0 radical (unpaired) electrons. The Labute approximate surface area is 219 Å². The quantitative estimate of drug-likeness (QED) is 0.328. The van der Waals surface area contributed by atoms with Crippen LogP contribution in [0, 0.1) is 17.5 Å². The molecule has 1 saturated heterocycles. The minimum absolute atomic E-state index is 0.0548. The molecular weight excluding hydrogens is 523 g/mol. The highest BCUT2D eigenvalue weighted by Gasteiger charge is 2.23. The molecule has 2 amide bonds. The molecule has 1 aromatic heterocycles. The molecule has 4 aromatic rings. The van der Waals surface area contributed by atoms with Gasteiger partial charge in [0, 0.05) is 30.4 Å². The number of fused-ring (bicyclic) bond motifs is 1. The minimum atomic E-state index is -1.16. The van der Waals surface area contributed by atoms with E-state index in [0.29, 0.717) is 43.2 Å². The SMILES string of the molecule is O=C(Nc1ccc(F)c(F)c1)Nc1ccc(Cl)c(C(=O)c2ccc3ncc(N4CCOCC4)nc3c2)c1F. The molecule has 2 heterocycles. The summed E-state index contributed by atoms with van der Waals surface area (Å²) in [5.74, 6) is -3.40. The van der Waals surface area contributed by atoms with Gasteiger partial charge in [0.15, 0.2) is 23.2 Å². The third kappa shape index (κ3) is 5.24. The summed E-state index contributed by atoms with van der Waals surface area (Å²) in [6, 6.07) is 8.84. The predicted octanol–water partition coefficient (Wildman–Crippen LogP) is 5.41. The van der Waals surface area contributed by atoms with Crippen LogP contribution in [0.15, 0.2) is 54.7 Å². The van der Waals surface area contributed by atoms with Gasteiger partial charge in [0.25, 0.3) is 0 Å². The summed E-state index contributed by atoms with van der Waals surface area (Å²) in [6.07, 6.45) is 1.65. The topological polar surface area (TPSA) is 96.5 Å². The van der Waals surface area contributed by atoms with Crippen molar-refractivity contribution < 1.29 is 27.5 Å². The number of anilines is 3. The van der Waals surface area contributed by atoms with Gasteiger partial charge in [-0.3, -0.25) is 9.78 Å². The Morgan fingerprint density at radius 3 is 2.47 bits per heavy atom. The third-order valence-corrected chi connectivity index (χ3v) is 6.19. The zero-order valence-electron chi connectivity index (χ0n) is 19.6. The van der Waals surface area contributed by atoms with Crippen LogP contribution < -0.4 is 15.5 Å². The Hall–Kier alpha value is -4.22. The van der Waals surface area contributed by atoms with Crippen molar-refractivity contribution in [1.82, 2.24) is 9.97 Å². The van der Waals surface area contributed by atoms with Crippen molar-refractivity contribution in [2.75, 3.05) is 41.8 Å². The Balaban J connectivity index is 1.40. The monoisotopic (exact) mass is 541 g/mol. The number of carbonyl (C=O) groups is 2. The van der Waals surface area contributed by atoms with Gasteiger partial charge in [-0.25, -0.2) is 22.9 Å². The normalized spacial score (nSPS) is 13.4. The number of aromatic nitrogens is 2. The molecule has 12 heteroatoms. The molecule has 0 atom stereocenters. The van der Waals surface area contributed by atoms with E-state index in [1.54, 1.807) is 12.3 Å². The summed E-state index contributed by atoms with van der Waals surface area (Å²) in [5.41, 5.74) is 0.267. The molecule has 1 aliphatic rings. The second kappa shape index (κ2) is 10.6. The first-order valence-electron chi connectivity index (χ1n) is 11.5. The first-order valence-corrected chi connectivity index (χ1v) is 11.8. The first kappa shape index (κ1) is 25.4. The van der Waals surface area contributed by atoms with Gasteiger partial charge in [-0.1, -0.05) is 11.6 Å². The van der Waals surface area contributed by atoms with Crippen molar-refractivity contribution in [2.45, 2.75) is 0 Å². The lowest BCUT2D eigenvalue weighted by atomic mass is 10.0. The van der Waals surface area contributed by atoms with Gasteiger partial charge < -0.3 is 20.3 Å². The Morgan fingerprint density at radius 1 is 0.921 bits per heavy atom. The van der Waals surface area contributed by atoms with E-state index in [1.165, 1.54) is 24.3 Å². The summed E-state index contributed by atoms with van der Waals surface area (Å²) in [6.45, 7) is 2.45. The van der Waals surface area contributed by atoms with E-state index in [1.807, 2.05) is 4.90 Å². The minimum Gasteiger partial charge on any atom is -0.378 e. The summed E-state index contributed by atoms with van der Waals surface area (Å²) < 4.78 is 47.3. The standard InChI is InChI=1S/C26H19ClF3N5O3/c27-16-3-6-20(34-26(37)32-15-2-4-17(28)18(29)12-15)24(30)23(16)25(36)14-1-5-19-21(11-14)33-22(13-31-19)35-7-9-38-10-8-35/h1-6,11-13H,7-10H2,(H2,32,34,37). The van der Waals surface area contributed by atoms with Crippen LogP contribution >= 0.6 is 11.6 Å². The Kier molecular flexibility index (Phi) is 7.12. The number of carbonyl (C=O) groups excluding carboxylic acids is 2. The number of halogens is 4. The van der Waals surface area contributed by atoms with E-state index in [9.17, 15) is 18.4 Å². The van der Waals surface area contributed by atoms with E-state index in [4.69, 9.17) is 16.3 Å². The van der Waals surface area contributed by atoms with Crippen LogP contribution in [-0.2, 0) is 4.74 Å². The lowest BCUT2D eigenvalue weighted by Crippen LogP contribution is -2.36. The zero-order valence-corrected chi connectivity index (χ0v) is 20.4. The molecule has 1 fully saturated rings. The number of ether oxygens (including phenoxy) is 1. The molecule has 0 aliphatic carbocycles. The maximum Gasteiger partial charge on any atom is 0.323 e. The fraction of sp³-hybridized carbons (Fsp3) is 0.154. The number of rotatable bonds is 5. The predicted molar refractivity (Wildman–Crippen MR) is 136 cm³/mol. The zero-order chi connectivity index (χ0) is 26.8. The number of hydrogen-bond acceptors (Lipinski definition) is 6. The number of amides is 2. The van der Waals surface area contributed by atoms with E-state index < -0.39 is 34.8 Å². The van der Waals surface area contributed by atoms with Crippen molar-refractivity contribution in [2.24, 2.45) is 0 Å². The van der Waals surface area contributed by atoms with Gasteiger partial charge in [-0.05, 0) is 42.5 Å². The van der Waals surface area contributed by atoms with Crippen molar-refractivity contribution in [3.8, 4) is 0 Å². The molecule has 0 bridgehead atoms. The number of benzene rings is 3. The van der Waals surface area contributed by atoms with Gasteiger partial charge in [-0.2, -0.15) is 0 Å². The lowest BCUT2D eigenvalue weighted by Gasteiger charge is -2.27. The first-order chi connectivity index (χ1) is 18.3. The molecule has 194 valence electrons. The molecular formula is C26H19ClF3N5O3. The van der Waals surface area contributed by atoms with Crippen molar-refractivity contribution in [3.63, 3.8) is 0 Å². The fourth-order valence-corrected chi connectivity index (χ4v) is 4.18. The van der Waals surface area contributed by atoms with E-state index in [2.05, 4.69) is 20.6 Å². The molecule has 0 unspecified atom stereocenters. The van der Waals surface area contributed by atoms with Crippen LogP contribution in [0.1, 0.15) is 15.9 Å². The van der Waals surface area contributed by atoms with Gasteiger partial charge in [0.2, 0.25) is 0 Å². The van der Waals surface area contributed by atoms with Gasteiger partial charge in [-0.15, -0.1) is 0 Å². The highest BCUT2D eigenvalue weighted by atomic mass is 35.5. The van der Waals surface area contributed by atoms with Crippen LogP contribution in [0.2, 0.25) is 5.02 Å². The summed E-state index contributed by atoms with van der Waals surface area (Å²) in [7, 11) is 0. The van der Waals surface area contributed by atoms with Gasteiger partial charge in [0.1, 0.15) is 5.82 Å². The van der Waals surface area contributed by atoms with Crippen molar-refractivity contribution in [1.29, 1.82) is 0 Å². The number of nitrogens with zero attached hydrogens (tertiary/aromatic N) is 3. The fourth-order valence-electron chi connectivity index (χ4n) is 3.95. The van der Waals surface area contributed by atoms with Gasteiger partial charge in [0.05, 0.1) is 46.7 Å². The molecule has 2 N–H and O–H groups in total. The highest BCUT2D eigenvalue weighted by molar-refractivity contribution is 6.35. The maximum atomic E-state index is 15.4. The second-order valence-corrected chi connectivity index (χ2v) is 8.76. The number of ketones is 1. The molecule has 0 saturated carbocycles.